The molecule has 6 nitrogen and oxygen atoms in total. The van der Waals surface area contributed by atoms with Crippen molar-refractivity contribution in [1.82, 2.24) is 0 Å². The number of benzene rings is 2. The number of nitrogens with two attached hydrogens (primary N) is 2. The van der Waals surface area contributed by atoms with Crippen LogP contribution in [0.1, 0.15) is 57.9 Å². The summed E-state index contributed by atoms with van der Waals surface area (Å²) in [6.45, 7) is 4.46. The molecule has 1 unspecified atom stereocenters. The first-order chi connectivity index (χ1) is 16.1. The van der Waals surface area contributed by atoms with Gasteiger partial charge in [-0.2, -0.15) is 0 Å². The molecule has 8 heteroatoms. The second-order valence-corrected chi connectivity index (χ2v) is 10.1. The first-order valence-corrected chi connectivity index (χ1v) is 12.1. The molecule has 0 bridgehead atoms. The van der Waals surface area contributed by atoms with Gasteiger partial charge in [-0.05, 0) is 60.7 Å². The van der Waals surface area contributed by atoms with E-state index in [0.717, 1.165) is 49.0 Å². The number of rotatable bonds is 5. The lowest BCUT2D eigenvalue weighted by Gasteiger charge is -2.37. The average Bonchev–Trinajstić information content (AvgIpc) is 3.45. The fourth-order valence-electron chi connectivity index (χ4n) is 4.34. The van der Waals surface area contributed by atoms with Gasteiger partial charge in [-0.25, -0.2) is 9.38 Å². The van der Waals surface area contributed by atoms with E-state index in [1.807, 2.05) is 25.1 Å². The number of hydrogen-bond donors (Lipinski definition) is 2. The first kappa shape index (κ1) is 24.3. The molecule has 1 amide bonds. The fourth-order valence-corrected chi connectivity index (χ4v) is 4.56. The summed E-state index contributed by atoms with van der Waals surface area (Å²) in [6.07, 6.45) is 5.94. The number of ether oxygens (including phenoxy) is 2. The summed E-state index contributed by atoms with van der Waals surface area (Å²) in [5, 5.41) is 0.361. The van der Waals surface area contributed by atoms with Crippen molar-refractivity contribution >= 4 is 23.5 Å². The normalized spacial score (nSPS) is 23.6. The minimum Gasteiger partial charge on any atom is -0.490 e. The van der Waals surface area contributed by atoms with Crippen molar-refractivity contribution in [1.29, 1.82) is 0 Å². The maximum absolute atomic E-state index is 13.8. The molecule has 2 heterocycles. The Labute approximate surface area is 204 Å². The van der Waals surface area contributed by atoms with E-state index < -0.39 is 5.54 Å². The zero-order valence-electron chi connectivity index (χ0n) is 19.6. The molecule has 34 heavy (non-hydrogen) atoms. The van der Waals surface area contributed by atoms with E-state index in [9.17, 15) is 9.18 Å². The van der Waals surface area contributed by atoms with E-state index in [2.05, 4.69) is 11.9 Å². The number of fused-ring (bicyclic) bond motifs is 2. The van der Waals surface area contributed by atoms with Gasteiger partial charge >= 0.3 is 0 Å². The highest BCUT2D eigenvalue weighted by atomic mass is 35.5. The first-order valence-electron chi connectivity index (χ1n) is 11.7. The largest absolute Gasteiger partial charge is 0.490 e. The molecule has 1 aliphatic carbocycles. The van der Waals surface area contributed by atoms with Gasteiger partial charge in [-0.3, -0.25) is 4.79 Å². The smallest absolute Gasteiger partial charge is 0.283 e. The Morgan fingerprint density at radius 1 is 1.24 bits per heavy atom. The van der Waals surface area contributed by atoms with Gasteiger partial charge in [0.1, 0.15) is 29.8 Å². The molecule has 5 rings (SSSR count). The van der Waals surface area contributed by atoms with Crippen LogP contribution in [0.4, 0.5) is 4.39 Å². The SMILES string of the molecule is CC1(C(N)=O)CC1.CCCC[C@H]1CC2(COC(N)=N2)c2cc(-c3cc(F)cc(Cl)c3)ccc2O1. The van der Waals surface area contributed by atoms with Gasteiger partial charge in [0, 0.05) is 22.4 Å². The van der Waals surface area contributed by atoms with Crippen LogP contribution >= 0.6 is 11.6 Å². The highest BCUT2D eigenvalue weighted by Gasteiger charge is 2.46. The lowest BCUT2D eigenvalue weighted by molar-refractivity contribution is -0.122. The third kappa shape index (κ3) is 5.14. The third-order valence-electron chi connectivity index (χ3n) is 6.79. The zero-order chi connectivity index (χ0) is 24.5. The monoisotopic (exact) mass is 487 g/mol. The van der Waals surface area contributed by atoms with E-state index >= 15 is 0 Å². The molecule has 1 saturated carbocycles. The van der Waals surface area contributed by atoms with Crippen LogP contribution in [-0.4, -0.2) is 24.6 Å². The zero-order valence-corrected chi connectivity index (χ0v) is 20.3. The number of primary amides is 1. The molecular formula is C26H31ClFN3O3. The second kappa shape index (κ2) is 9.45. The Kier molecular flexibility index (Phi) is 6.76. The predicted molar refractivity (Wildman–Crippen MR) is 131 cm³/mol. The standard InChI is InChI=1S/C21H22ClFN2O2.C5H9NO/c1-2-3-4-17-11-21(12-26-20(24)25-21)18-9-13(5-6-19(18)27-17)14-7-15(22)10-16(23)8-14;1-5(2-3-5)4(6)7/h5-10,17H,2-4,11-12H2,1H3,(H2,24,25);2-3H2,1H3,(H2,6,7)/t17-,21?;/m0./s1. The summed E-state index contributed by atoms with van der Waals surface area (Å²) in [4.78, 5) is 14.9. The molecular weight excluding hydrogens is 457 g/mol. The van der Waals surface area contributed by atoms with E-state index in [4.69, 9.17) is 32.5 Å². The van der Waals surface area contributed by atoms with E-state index in [-0.39, 0.29) is 29.3 Å². The van der Waals surface area contributed by atoms with Crippen LogP contribution in [0.25, 0.3) is 11.1 Å². The summed E-state index contributed by atoms with van der Waals surface area (Å²) in [5.41, 5.74) is 12.7. The maximum Gasteiger partial charge on any atom is 0.283 e. The molecule has 1 fully saturated rings. The van der Waals surface area contributed by atoms with Crippen molar-refractivity contribution in [2.75, 3.05) is 6.61 Å². The summed E-state index contributed by atoms with van der Waals surface area (Å²) in [7, 11) is 0. The van der Waals surface area contributed by atoms with E-state index in [1.165, 1.54) is 12.1 Å². The maximum atomic E-state index is 13.8. The van der Waals surface area contributed by atoms with Gasteiger partial charge in [-0.1, -0.05) is 44.4 Å². The van der Waals surface area contributed by atoms with Crippen LogP contribution in [0.2, 0.25) is 5.02 Å². The lowest BCUT2D eigenvalue weighted by atomic mass is 9.81. The Balaban J connectivity index is 0.000000336. The van der Waals surface area contributed by atoms with Gasteiger partial charge in [0.15, 0.2) is 0 Å². The summed E-state index contributed by atoms with van der Waals surface area (Å²) < 4.78 is 25.6. The molecule has 4 N–H and O–H groups in total. The van der Waals surface area contributed by atoms with Crippen LogP contribution in [0.5, 0.6) is 5.75 Å². The quantitative estimate of drug-likeness (QED) is 0.597. The molecule has 3 aliphatic rings. The number of hydrogen-bond acceptors (Lipinski definition) is 5. The van der Waals surface area contributed by atoms with Crippen molar-refractivity contribution in [3.63, 3.8) is 0 Å². The fraction of sp³-hybridized carbons (Fsp3) is 0.462. The number of nitrogens with zero attached hydrogens (tertiary/aromatic N) is 1. The van der Waals surface area contributed by atoms with Crippen molar-refractivity contribution in [2.45, 2.75) is 64.0 Å². The molecule has 182 valence electrons. The minimum atomic E-state index is -0.552. The van der Waals surface area contributed by atoms with Gasteiger partial charge in [0.2, 0.25) is 5.91 Å². The number of amides is 1. The average molecular weight is 488 g/mol. The van der Waals surface area contributed by atoms with Gasteiger partial charge in [-0.15, -0.1) is 0 Å². The Hall–Kier alpha value is -2.80. The molecule has 0 saturated heterocycles. The summed E-state index contributed by atoms with van der Waals surface area (Å²) in [6, 6.07) is 10.5. The lowest BCUT2D eigenvalue weighted by Crippen LogP contribution is -2.38. The molecule has 2 aliphatic heterocycles. The van der Waals surface area contributed by atoms with E-state index in [1.54, 1.807) is 6.07 Å². The number of aliphatic imine (C=N–C) groups is 1. The summed E-state index contributed by atoms with van der Waals surface area (Å²) >= 11 is 6.03. The Morgan fingerprint density at radius 3 is 2.56 bits per heavy atom. The van der Waals surface area contributed by atoms with Gasteiger partial charge < -0.3 is 20.9 Å². The van der Waals surface area contributed by atoms with Crippen LogP contribution < -0.4 is 16.2 Å². The van der Waals surface area contributed by atoms with Crippen LogP contribution in [0, 0.1) is 11.2 Å². The Morgan fingerprint density at radius 2 is 2.00 bits per heavy atom. The van der Waals surface area contributed by atoms with Crippen LogP contribution in [0.15, 0.2) is 41.4 Å². The van der Waals surface area contributed by atoms with Crippen LogP contribution in [-0.2, 0) is 15.1 Å². The van der Waals surface area contributed by atoms with Gasteiger partial charge in [0.25, 0.3) is 6.02 Å². The molecule has 0 radical (unpaired) electrons. The van der Waals surface area contributed by atoms with E-state index in [0.29, 0.717) is 23.6 Å². The number of halogens is 2. The number of carbonyl (C=O) groups excluding carboxylic acids is 1. The molecule has 1 spiro atoms. The molecule has 2 aromatic carbocycles. The minimum absolute atomic E-state index is 0.0742. The molecule has 2 atom stereocenters. The number of unbranched alkanes of at least 4 members (excludes halogenated alkanes) is 1. The topological polar surface area (TPSA) is 99.9 Å². The van der Waals surface area contributed by atoms with Crippen molar-refractivity contribution in [3.05, 3.63) is 52.8 Å². The van der Waals surface area contributed by atoms with Crippen molar-refractivity contribution < 1.29 is 18.7 Å². The number of carbonyl (C=O) groups is 1. The molecule has 2 aromatic rings. The van der Waals surface area contributed by atoms with Gasteiger partial charge in [0.05, 0.1) is 0 Å². The second-order valence-electron chi connectivity index (χ2n) is 9.65. The Bertz CT molecular complexity index is 1100. The molecule has 0 aromatic heterocycles. The highest BCUT2D eigenvalue weighted by molar-refractivity contribution is 6.30. The number of amidine groups is 1. The van der Waals surface area contributed by atoms with Crippen molar-refractivity contribution in [2.24, 2.45) is 21.9 Å². The highest BCUT2D eigenvalue weighted by Crippen LogP contribution is 2.47. The predicted octanol–water partition coefficient (Wildman–Crippen LogP) is 5.30. The van der Waals surface area contributed by atoms with Crippen molar-refractivity contribution in [3.8, 4) is 16.9 Å². The van der Waals surface area contributed by atoms with Crippen LogP contribution in [0.3, 0.4) is 0 Å². The third-order valence-corrected chi connectivity index (χ3v) is 7.01. The summed E-state index contributed by atoms with van der Waals surface area (Å²) in [5.74, 6) is 0.274.